The molecular formula is C21H23FN4O3S. The first-order valence-corrected chi connectivity index (χ1v) is 11.6. The zero-order valence-corrected chi connectivity index (χ0v) is 17.4. The molecule has 0 bridgehead atoms. The van der Waals surface area contributed by atoms with Crippen molar-refractivity contribution in [3.8, 4) is 5.69 Å². The van der Waals surface area contributed by atoms with Gasteiger partial charge in [-0.3, -0.25) is 4.79 Å². The van der Waals surface area contributed by atoms with Crippen molar-refractivity contribution in [3.63, 3.8) is 0 Å². The second-order valence-electron chi connectivity index (χ2n) is 7.37. The average molecular weight is 431 g/mol. The Morgan fingerprint density at radius 1 is 1.13 bits per heavy atom. The lowest BCUT2D eigenvalue weighted by atomic mass is 10.1. The molecule has 2 heterocycles. The van der Waals surface area contributed by atoms with Crippen LogP contribution in [0.15, 0.2) is 53.3 Å². The predicted octanol–water partition coefficient (Wildman–Crippen LogP) is 2.43. The van der Waals surface area contributed by atoms with E-state index in [1.54, 1.807) is 19.1 Å². The van der Waals surface area contributed by atoms with Gasteiger partial charge in [0.25, 0.3) is 5.56 Å². The van der Waals surface area contributed by atoms with Crippen LogP contribution in [0.2, 0.25) is 0 Å². The maximum absolute atomic E-state index is 13.4. The second kappa shape index (κ2) is 8.16. The molecule has 1 saturated heterocycles. The Morgan fingerprint density at radius 2 is 1.83 bits per heavy atom. The van der Waals surface area contributed by atoms with E-state index in [9.17, 15) is 17.6 Å². The van der Waals surface area contributed by atoms with Gasteiger partial charge in [0.2, 0.25) is 10.0 Å². The number of halogens is 1. The molecule has 3 aromatic rings. The first-order valence-electron chi connectivity index (χ1n) is 9.91. The Balaban J connectivity index is 1.79. The number of aromatic nitrogens is 2. The molecule has 0 amide bonds. The van der Waals surface area contributed by atoms with Crippen LogP contribution >= 0.6 is 0 Å². The molecule has 0 aliphatic carbocycles. The van der Waals surface area contributed by atoms with Crippen LogP contribution < -0.4 is 15.2 Å². The summed E-state index contributed by atoms with van der Waals surface area (Å²) in [4.78, 5) is 15.0. The van der Waals surface area contributed by atoms with Gasteiger partial charge in [0.05, 0.1) is 16.8 Å². The fourth-order valence-electron chi connectivity index (χ4n) is 3.77. The Bertz CT molecular complexity index is 1230. The summed E-state index contributed by atoms with van der Waals surface area (Å²) in [5, 5.41) is 5.82. The molecule has 0 radical (unpaired) electrons. The third-order valence-electron chi connectivity index (χ3n) is 5.30. The van der Waals surface area contributed by atoms with Gasteiger partial charge < -0.3 is 4.90 Å². The number of piperidine rings is 1. The molecule has 1 aliphatic heterocycles. The Kier molecular flexibility index (Phi) is 5.57. The highest BCUT2D eigenvalue weighted by molar-refractivity contribution is 7.89. The van der Waals surface area contributed by atoms with Crippen LogP contribution in [0.3, 0.4) is 0 Å². The van der Waals surface area contributed by atoms with Gasteiger partial charge >= 0.3 is 0 Å². The maximum Gasteiger partial charge on any atom is 0.279 e. The largest absolute Gasteiger partial charge is 0.353 e. The minimum atomic E-state index is -3.32. The van der Waals surface area contributed by atoms with Crippen molar-refractivity contribution >= 4 is 26.6 Å². The Hall–Kier alpha value is -2.78. The molecule has 7 nitrogen and oxygen atoms in total. The summed E-state index contributed by atoms with van der Waals surface area (Å²) in [5.74, 6) is 0.241. The first kappa shape index (κ1) is 20.5. The van der Waals surface area contributed by atoms with Gasteiger partial charge in [-0.05, 0) is 50.1 Å². The summed E-state index contributed by atoms with van der Waals surface area (Å²) in [6.45, 7) is 2.76. The number of anilines is 1. The molecule has 1 fully saturated rings. The lowest BCUT2D eigenvalue weighted by molar-refractivity contribution is 0.463. The molecule has 158 valence electrons. The minimum Gasteiger partial charge on any atom is -0.353 e. The van der Waals surface area contributed by atoms with Crippen molar-refractivity contribution in [1.82, 2.24) is 14.5 Å². The van der Waals surface area contributed by atoms with Crippen molar-refractivity contribution in [2.24, 2.45) is 0 Å². The van der Waals surface area contributed by atoms with Crippen LogP contribution in [0.5, 0.6) is 0 Å². The van der Waals surface area contributed by atoms with Crippen LogP contribution in [0.1, 0.15) is 19.8 Å². The monoisotopic (exact) mass is 430 g/mol. The van der Waals surface area contributed by atoms with E-state index in [0.717, 1.165) is 12.8 Å². The molecule has 9 heteroatoms. The quantitative estimate of drug-likeness (QED) is 0.672. The fourth-order valence-corrected chi connectivity index (χ4v) is 4.63. The molecule has 1 N–H and O–H groups in total. The van der Waals surface area contributed by atoms with Crippen molar-refractivity contribution in [2.75, 3.05) is 23.7 Å². The molecule has 4 rings (SSSR count). The minimum absolute atomic E-state index is 0.0279. The number of hydrogen-bond acceptors (Lipinski definition) is 5. The van der Waals surface area contributed by atoms with E-state index in [0.29, 0.717) is 35.4 Å². The molecule has 1 aromatic heterocycles. The van der Waals surface area contributed by atoms with Crippen molar-refractivity contribution in [2.45, 2.75) is 25.8 Å². The summed E-state index contributed by atoms with van der Waals surface area (Å²) in [7, 11) is -3.32. The molecule has 0 saturated carbocycles. The van der Waals surface area contributed by atoms with Crippen LogP contribution in [0, 0.1) is 5.82 Å². The average Bonchev–Trinajstić information content (AvgIpc) is 2.75. The van der Waals surface area contributed by atoms with E-state index in [-0.39, 0.29) is 17.4 Å². The second-order valence-corrected chi connectivity index (χ2v) is 9.41. The van der Waals surface area contributed by atoms with E-state index < -0.39 is 15.8 Å². The summed E-state index contributed by atoms with van der Waals surface area (Å²) >= 11 is 0. The molecule has 30 heavy (non-hydrogen) atoms. The van der Waals surface area contributed by atoms with Crippen molar-refractivity contribution in [1.29, 1.82) is 0 Å². The van der Waals surface area contributed by atoms with Gasteiger partial charge in [0, 0.05) is 24.5 Å². The molecule has 1 atom stereocenters. The van der Waals surface area contributed by atoms with E-state index >= 15 is 0 Å². The van der Waals surface area contributed by atoms with E-state index in [2.05, 4.69) is 9.82 Å². The van der Waals surface area contributed by atoms with Gasteiger partial charge in [-0.1, -0.05) is 18.2 Å². The summed E-state index contributed by atoms with van der Waals surface area (Å²) in [6, 6.07) is 12.6. The van der Waals surface area contributed by atoms with E-state index in [1.807, 2.05) is 17.0 Å². The van der Waals surface area contributed by atoms with Crippen LogP contribution in [0.25, 0.3) is 16.5 Å². The van der Waals surface area contributed by atoms with Crippen LogP contribution in [0.4, 0.5) is 10.2 Å². The summed E-state index contributed by atoms with van der Waals surface area (Å²) in [5.41, 5.74) is 0.176. The zero-order chi connectivity index (χ0) is 21.3. The van der Waals surface area contributed by atoms with Crippen molar-refractivity contribution < 1.29 is 12.8 Å². The highest BCUT2D eigenvalue weighted by atomic mass is 32.2. The number of sulfonamides is 1. The number of rotatable bonds is 5. The number of nitrogens with one attached hydrogen (secondary N) is 1. The normalized spacial score (nSPS) is 17.4. The lowest BCUT2D eigenvalue weighted by Crippen LogP contribution is -2.48. The third kappa shape index (κ3) is 4.08. The maximum atomic E-state index is 13.4. The Morgan fingerprint density at radius 3 is 2.53 bits per heavy atom. The summed E-state index contributed by atoms with van der Waals surface area (Å²) < 4.78 is 41.4. The van der Waals surface area contributed by atoms with Gasteiger partial charge in [-0.15, -0.1) is 5.10 Å². The van der Waals surface area contributed by atoms with Gasteiger partial charge in [-0.2, -0.15) is 4.68 Å². The first-order chi connectivity index (χ1) is 14.4. The fraction of sp³-hybridized carbons (Fsp3) is 0.333. The predicted molar refractivity (Wildman–Crippen MR) is 115 cm³/mol. The highest BCUT2D eigenvalue weighted by Crippen LogP contribution is 2.26. The number of benzene rings is 2. The van der Waals surface area contributed by atoms with Crippen LogP contribution in [-0.4, -0.2) is 43.1 Å². The number of hydrogen-bond donors (Lipinski definition) is 1. The standard InChI is InChI=1S/C21H23FN4O3S/c1-2-30(28,29)24-16-6-5-13-25(14-16)20-18-7-3-4-8-19(18)21(27)26(23-20)17-11-9-15(22)10-12-17/h3-4,7-12,16,24H,2,5-6,13-14H2,1H3/t16-/m0/s1. The zero-order valence-electron chi connectivity index (χ0n) is 16.6. The highest BCUT2D eigenvalue weighted by Gasteiger charge is 2.26. The SMILES string of the molecule is CCS(=O)(=O)N[C@H]1CCCN(c2nn(-c3ccc(F)cc3)c(=O)c3ccccc23)C1. The molecule has 2 aromatic carbocycles. The van der Waals surface area contributed by atoms with E-state index in [1.165, 1.54) is 28.9 Å². The van der Waals surface area contributed by atoms with E-state index in [4.69, 9.17) is 0 Å². The van der Waals surface area contributed by atoms with Crippen molar-refractivity contribution in [3.05, 3.63) is 64.7 Å². The topological polar surface area (TPSA) is 84.3 Å². The molecule has 0 spiro atoms. The molecule has 1 aliphatic rings. The number of nitrogens with zero attached hydrogens (tertiary/aromatic N) is 3. The summed E-state index contributed by atoms with van der Waals surface area (Å²) in [6.07, 6.45) is 1.54. The third-order valence-corrected chi connectivity index (χ3v) is 6.76. The van der Waals surface area contributed by atoms with Gasteiger partial charge in [-0.25, -0.2) is 17.5 Å². The van der Waals surface area contributed by atoms with Crippen LogP contribution in [-0.2, 0) is 10.0 Å². The molecule has 0 unspecified atom stereocenters. The smallest absolute Gasteiger partial charge is 0.279 e. The van der Waals surface area contributed by atoms with Gasteiger partial charge in [0.15, 0.2) is 5.82 Å². The molecular weight excluding hydrogens is 407 g/mol. The number of fused-ring (bicyclic) bond motifs is 1. The lowest BCUT2D eigenvalue weighted by Gasteiger charge is -2.34. The van der Waals surface area contributed by atoms with Gasteiger partial charge in [0.1, 0.15) is 5.82 Å². The Labute approximate surface area is 174 Å².